The predicted molar refractivity (Wildman–Crippen MR) is 378 cm³/mol. The monoisotopic (exact) mass is 1420 g/mol. The molecule has 25 N–H and O–H groups in total. The van der Waals surface area contributed by atoms with Gasteiger partial charge in [0.2, 0.25) is 65.0 Å². The predicted octanol–water partition coefficient (Wildman–Crippen LogP) is -4.91. The summed E-state index contributed by atoms with van der Waals surface area (Å²) in [6.45, 7) is 0.225. The second-order valence-electron chi connectivity index (χ2n) is 25.2. The number of carbonyl (C=O) groups is 12. The maximum atomic E-state index is 14.9. The molecule has 2 saturated heterocycles. The summed E-state index contributed by atoms with van der Waals surface area (Å²) in [5.74, 6) is -10.4. The zero-order chi connectivity index (χ0) is 74.7. The normalized spacial score (nSPS) is 17.0. The molecule has 2 aliphatic rings. The highest BCUT2D eigenvalue weighted by molar-refractivity contribution is 5.99. The second kappa shape index (κ2) is 43.4. The molecule has 558 valence electrons. The van der Waals surface area contributed by atoms with E-state index in [0.29, 0.717) is 68.3 Å². The van der Waals surface area contributed by atoms with Crippen LogP contribution in [0.2, 0.25) is 0 Å². The summed E-state index contributed by atoms with van der Waals surface area (Å²) >= 11 is 0. The number of carboxylic acid groups (broad SMARTS) is 1. The molecule has 11 unspecified atom stereocenters. The molecule has 102 heavy (non-hydrogen) atoms. The van der Waals surface area contributed by atoms with E-state index < -0.39 is 151 Å². The first-order chi connectivity index (χ1) is 48.8. The van der Waals surface area contributed by atoms with Crippen molar-refractivity contribution in [2.45, 2.75) is 176 Å². The van der Waals surface area contributed by atoms with Crippen LogP contribution >= 0.6 is 0 Å². The van der Waals surface area contributed by atoms with Crippen LogP contribution in [0.4, 0.5) is 0 Å². The number of nitrogens with zero attached hydrogens (tertiary/aromatic N) is 4. The zero-order valence-electron chi connectivity index (χ0n) is 57.6. The number of hydrogen-bond acceptors (Lipinski definition) is 18. The van der Waals surface area contributed by atoms with Crippen LogP contribution in [0.25, 0.3) is 0 Å². The van der Waals surface area contributed by atoms with Crippen LogP contribution in [0.5, 0.6) is 0 Å². The number of carbonyl (C=O) groups excluding carboxylic acids is 11. The fraction of sp³-hybridized carbons (Fsp3) is 0.529. The highest BCUT2D eigenvalue weighted by Crippen LogP contribution is 2.27. The maximum Gasteiger partial charge on any atom is 0.326 e. The van der Waals surface area contributed by atoms with Crippen molar-refractivity contribution in [2.75, 3.05) is 52.4 Å². The number of guanidine groups is 2. The molecule has 0 bridgehead atoms. The maximum absolute atomic E-state index is 14.9. The van der Waals surface area contributed by atoms with Crippen molar-refractivity contribution in [3.8, 4) is 0 Å². The van der Waals surface area contributed by atoms with Crippen LogP contribution in [0, 0.1) is 0 Å². The van der Waals surface area contributed by atoms with Gasteiger partial charge in [0.05, 0.1) is 19.2 Å². The van der Waals surface area contributed by atoms with Crippen LogP contribution in [0.15, 0.2) is 101 Å². The lowest BCUT2D eigenvalue weighted by Crippen LogP contribution is -2.60. The van der Waals surface area contributed by atoms with E-state index in [1.165, 1.54) is 16.7 Å². The SMILES string of the molecule is CC(=O)NC1CC(C(=O)NCC(=O)NC(Cc2ccccc2)C(=O)NC(CO)C(=O)NC(Cc2ccccc2)C(=O)NC(Cc2ccccc2)C(=O)NC(CCCN=C(N)N)C(=O)O)N(C(=O)C2CCCN2C(=O)C(CCCN=C(N)N)NC(=O)C(CCCCN)NC(=O)C(N)CCCCN)C1. The van der Waals surface area contributed by atoms with Gasteiger partial charge in [-0.25, -0.2) is 4.79 Å². The van der Waals surface area contributed by atoms with Gasteiger partial charge < -0.3 is 108 Å². The van der Waals surface area contributed by atoms with Crippen LogP contribution < -0.4 is 88.0 Å². The number of carboxylic acids is 1. The van der Waals surface area contributed by atoms with Crippen molar-refractivity contribution in [3.05, 3.63) is 108 Å². The van der Waals surface area contributed by atoms with E-state index in [9.17, 15) is 67.7 Å². The summed E-state index contributed by atoms with van der Waals surface area (Å²) in [5.41, 5.74) is 41.2. The smallest absolute Gasteiger partial charge is 0.326 e. The van der Waals surface area contributed by atoms with Crippen molar-refractivity contribution in [1.82, 2.24) is 57.7 Å². The van der Waals surface area contributed by atoms with Crippen molar-refractivity contribution in [3.63, 3.8) is 0 Å². The lowest BCUT2D eigenvalue weighted by atomic mass is 10.0. The van der Waals surface area contributed by atoms with Crippen molar-refractivity contribution < 1.29 is 67.7 Å². The van der Waals surface area contributed by atoms with Gasteiger partial charge in [0.15, 0.2) is 11.9 Å². The molecule has 0 saturated carbocycles. The number of rotatable bonds is 43. The Bertz CT molecular complexity index is 3330. The first-order valence-corrected chi connectivity index (χ1v) is 34.3. The summed E-state index contributed by atoms with van der Waals surface area (Å²) in [6, 6.07) is 11.3. The molecule has 2 fully saturated rings. The van der Waals surface area contributed by atoms with Gasteiger partial charge in [0.1, 0.15) is 54.4 Å². The highest BCUT2D eigenvalue weighted by Gasteiger charge is 2.47. The van der Waals surface area contributed by atoms with Gasteiger partial charge in [0.25, 0.3) is 0 Å². The number of aliphatic imine (C=N–C) groups is 2. The fourth-order valence-corrected chi connectivity index (χ4v) is 11.9. The third kappa shape index (κ3) is 28.0. The van der Waals surface area contributed by atoms with Crippen molar-refractivity contribution >= 4 is 82.9 Å². The Balaban J connectivity index is 1.33. The number of nitrogens with one attached hydrogen (secondary N) is 9. The van der Waals surface area contributed by atoms with Crippen molar-refractivity contribution in [1.29, 1.82) is 0 Å². The van der Waals surface area contributed by atoms with E-state index >= 15 is 0 Å². The fourth-order valence-electron chi connectivity index (χ4n) is 11.9. The molecule has 0 aromatic heterocycles. The largest absolute Gasteiger partial charge is 0.480 e. The standard InChI is InChI=1S/C68H102N20O14/c1-41(90)79-45-37-55(88(39-45)65(100)54-28-17-33-87(54)64(99)48(26-15-31-76-67(72)73)82-58(93)47(25-12-14-30-70)81-57(92)46(71)24-11-13-29-69)63(98)78-38-56(91)80-50(34-42-18-5-2-6-19-42)59(94)86-53(40-89)62(97)85-52(36-44-22-9-4-10-23-44)61(96)84-51(35-43-20-7-3-8-21-43)60(95)83-49(66(101)102)27-16-32-77-68(74)75/h2-10,18-23,45-55,89H,11-17,24-40,69-71H2,1H3,(H,78,98)(H,79,90)(H,80,91)(H,81,92)(H,82,93)(H,83,95)(H,84,96)(H,85,97)(H,86,94)(H,101,102)(H4,72,73,76)(H4,74,75,77). The Morgan fingerprint density at radius 3 is 1.43 bits per heavy atom. The number of hydrogen-bond donors (Lipinski definition) is 18. The molecule has 2 aliphatic heterocycles. The van der Waals surface area contributed by atoms with Gasteiger partial charge in [-0.1, -0.05) is 97.4 Å². The number of nitrogens with two attached hydrogens (primary N) is 7. The molecule has 3 aromatic rings. The van der Waals surface area contributed by atoms with Crippen molar-refractivity contribution in [2.24, 2.45) is 50.1 Å². The first-order valence-electron chi connectivity index (χ1n) is 34.3. The number of amides is 11. The molecular weight excluding hydrogens is 1320 g/mol. The Morgan fingerprint density at radius 2 is 0.951 bits per heavy atom. The molecule has 0 spiro atoms. The summed E-state index contributed by atoms with van der Waals surface area (Å²) in [7, 11) is 0. The molecule has 11 atom stereocenters. The van der Waals surface area contributed by atoms with Gasteiger partial charge in [-0.05, 0) is 107 Å². The molecule has 5 rings (SSSR count). The Labute approximate surface area is 592 Å². The molecular formula is C68H102N20O14. The van der Waals surface area contributed by atoms with Crippen LogP contribution in [0.1, 0.15) is 107 Å². The summed E-state index contributed by atoms with van der Waals surface area (Å²) in [5, 5.41) is 44.3. The Hall–Kier alpha value is -10.3. The van der Waals surface area contributed by atoms with E-state index in [1.54, 1.807) is 91.0 Å². The van der Waals surface area contributed by atoms with E-state index in [-0.39, 0.29) is 102 Å². The number of likely N-dealkylation sites (tertiary alicyclic amines) is 2. The van der Waals surface area contributed by atoms with Gasteiger partial charge in [-0.15, -0.1) is 0 Å². The quantitative estimate of drug-likeness (QED) is 0.0143. The number of benzene rings is 3. The third-order valence-electron chi connectivity index (χ3n) is 17.1. The lowest BCUT2D eigenvalue weighted by Gasteiger charge is -2.33. The third-order valence-corrected chi connectivity index (χ3v) is 17.1. The molecule has 34 nitrogen and oxygen atoms in total. The Morgan fingerprint density at radius 1 is 0.520 bits per heavy atom. The lowest BCUT2D eigenvalue weighted by molar-refractivity contribution is -0.148. The average Bonchev–Trinajstić information content (AvgIpc) is 1.63. The summed E-state index contributed by atoms with van der Waals surface area (Å²) < 4.78 is 0. The summed E-state index contributed by atoms with van der Waals surface area (Å²) in [4.78, 5) is 178. The minimum atomic E-state index is -1.77. The number of unbranched alkanes of at least 4 members (excludes halogenated alkanes) is 2. The second-order valence-corrected chi connectivity index (χ2v) is 25.2. The van der Waals surface area contributed by atoms with Crippen LogP contribution in [-0.4, -0.2) is 222 Å². The minimum Gasteiger partial charge on any atom is -0.480 e. The van der Waals surface area contributed by atoms with Gasteiger partial charge in [0, 0.05) is 58.4 Å². The summed E-state index contributed by atoms with van der Waals surface area (Å²) in [6.07, 6.45) is 2.85. The highest BCUT2D eigenvalue weighted by atomic mass is 16.4. The number of aliphatic hydroxyl groups excluding tert-OH is 1. The molecule has 3 aromatic carbocycles. The van der Waals surface area contributed by atoms with Gasteiger partial charge >= 0.3 is 5.97 Å². The topological polar surface area (TPSA) is 567 Å². The molecule has 34 heteroatoms. The van der Waals surface area contributed by atoms with Crippen LogP contribution in [-0.2, 0) is 76.8 Å². The average molecular weight is 1420 g/mol. The van der Waals surface area contributed by atoms with E-state index in [2.05, 4.69) is 57.8 Å². The van der Waals surface area contributed by atoms with Gasteiger partial charge in [-0.3, -0.25) is 62.7 Å². The van der Waals surface area contributed by atoms with Gasteiger partial charge in [-0.2, -0.15) is 0 Å². The minimum absolute atomic E-state index is 0.00268. The first kappa shape index (κ1) is 82.3. The molecule has 0 radical (unpaired) electrons. The van der Waals surface area contributed by atoms with E-state index in [4.69, 9.17) is 40.1 Å². The van der Waals surface area contributed by atoms with Crippen LogP contribution in [0.3, 0.4) is 0 Å². The molecule has 2 heterocycles. The number of aliphatic hydroxyl groups is 1. The van der Waals surface area contributed by atoms with E-state index in [0.717, 1.165) is 0 Å². The molecule has 0 aliphatic carbocycles. The molecule has 11 amide bonds. The van der Waals surface area contributed by atoms with E-state index in [1.807, 2.05) is 0 Å². The number of aliphatic carboxylic acids is 1. The zero-order valence-corrected chi connectivity index (χ0v) is 57.6. The Kier molecular flexibility index (Phi) is 35.0.